The van der Waals surface area contributed by atoms with Gasteiger partial charge in [-0.1, -0.05) is 19.1 Å². The van der Waals surface area contributed by atoms with E-state index in [1.54, 1.807) is 31.2 Å². The molecular formula is C13H20N2O4S. The maximum atomic E-state index is 12.2. The number of anilines is 1. The summed E-state index contributed by atoms with van der Waals surface area (Å²) in [4.78, 5) is 11.3. The first-order valence-electron chi connectivity index (χ1n) is 6.12. The van der Waals surface area contributed by atoms with Crippen LogP contribution >= 0.6 is 0 Å². The highest BCUT2D eigenvalue weighted by atomic mass is 32.2. The second-order valence-electron chi connectivity index (χ2n) is 4.71. The molecule has 7 heteroatoms. The van der Waals surface area contributed by atoms with Gasteiger partial charge in [0.2, 0.25) is 10.0 Å². The molecule has 0 saturated heterocycles. The van der Waals surface area contributed by atoms with E-state index in [0.717, 1.165) is 4.31 Å². The van der Waals surface area contributed by atoms with Gasteiger partial charge in [0.1, 0.15) is 0 Å². The van der Waals surface area contributed by atoms with Crippen molar-refractivity contribution in [1.82, 2.24) is 4.31 Å². The van der Waals surface area contributed by atoms with Gasteiger partial charge in [-0.05, 0) is 17.7 Å². The number of carbonyl (C=O) groups excluding carboxylic acids is 1. The highest BCUT2D eigenvalue weighted by Gasteiger charge is 2.24. The molecule has 6 nitrogen and oxygen atoms in total. The van der Waals surface area contributed by atoms with Gasteiger partial charge in [0.05, 0.1) is 18.8 Å². The summed E-state index contributed by atoms with van der Waals surface area (Å²) < 4.78 is 30.1. The van der Waals surface area contributed by atoms with E-state index in [-0.39, 0.29) is 12.3 Å². The van der Waals surface area contributed by atoms with Gasteiger partial charge in [-0.15, -0.1) is 0 Å². The first kappa shape index (κ1) is 16.5. The van der Waals surface area contributed by atoms with E-state index in [9.17, 15) is 13.2 Å². The fourth-order valence-corrected chi connectivity index (χ4v) is 3.05. The Morgan fingerprint density at radius 2 is 2.10 bits per heavy atom. The molecule has 0 radical (unpaired) electrons. The van der Waals surface area contributed by atoms with Gasteiger partial charge < -0.3 is 10.5 Å². The summed E-state index contributed by atoms with van der Waals surface area (Å²) in [5, 5.41) is 0. The summed E-state index contributed by atoms with van der Waals surface area (Å²) in [6, 6.07) is 6.72. The lowest BCUT2D eigenvalue weighted by Gasteiger charge is -2.20. The largest absolute Gasteiger partial charge is 0.469 e. The number of benzene rings is 1. The summed E-state index contributed by atoms with van der Waals surface area (Å²) in [7, 11) is -0.774. The van der Waals surface area contributed by atoms with Crippen molar-refractivity contribution in [2.24, 2.45) is 5.92 Å². The number of nitrogen functional groups attached to an aromatic ring is 1. The lowest BCUT2D eigenvalue weighted by Crippen LogP contribution is -2.34. The van der Waals surface area contributed by atoms with Gasteiger partial charge in [-0.25, -0.2) is 12.7 Å². The van der Waals surface area contributed by atoms with Gasteiger partial charge in [0.25, 0.3) is 0 Å². The second-order valence-corrected chi connectivity index (χ2v) is 6.78. The van der Waals surface area contributed by atoms with E-state index in [1.165, 1.54) is 14.2 Å². The quantitative estimate of drug-likeness (QED) is 0.621. The maximum Gasteiger partial charge on any atom is 0.309 e. The van der Waals surface area contributed by atoms with Crippen LogP contribution in [-0.2, 0) is 25.3 Å². The standard InChI is InChI=1S/C13H20N2O4S/c1-10(13(16)19-3)8-15(2)20(17,18)9-11-5-4-6-12(14)7-11/h4-7,10H,8-9,14H2,1-3H3. The zero-order chi connectivity index (χ0) is 15.3. The Balaban J connectivity index is 2.75. The summed E-state index contributed by atoms with van der Waals surface area (Å²) in [5.74, 6) is -1.10. The normalized spacial score (nSPS) is 13.2. The van der Waals surface area contributed by atoms with Crippen molar-refractivity contribution in [2.45, 2.75) is 12.7 Å². The van der Waals surface area contributed by atoms with Crippen molar-refractivity contribution >= 4 is 21.7 Å². The smallest absolute Gasteiger partial charge is 0.309 e. The van der Waals surface area contributed by atoms with E-state index >= 15 is 0 Å². The van der Waals surface area contributed by atoms with Gasteiger partial charge >= 0.3 is 5.97 Å². The van der Waals surface area contributed by atoms with Crippen LogP contribution in [0.25, 0.3) is 0 Å². The van der Waals surface area contributed by atoms with Crippen molar-refractivity contribution in [2.75, 3.05) is 26.4 Å². The predicted molar refractivity (Wildman–Crippen MR) is 77.3 cm³/mol. The Morgan fingerprint density at radius 1 is 1.45 bits per heavy atom. The molecule has 1 rings (SSSR count). The molecule has 0 fully saturated rings. The summed E-state index contributed by atoms with van der Waals surface area (Å²) >= 11 is 0. The molecule has 2 N–H and O–H groups in total. The van der Waals surface area contributed by atoms with Crippen LogP contribution in [0.2, 0.25) is 0 Å². The average molecular weight is 300 g/mol. The molecule has 0 saturated carbocycles. The number of carbonyl (C=O) groups is 1. The van der Waals surface area contributed by atoms with E-state index in [0.29, 0.717) is 11.3 Å². The Labute approximate surface area is 119 Å². The zero-order valence-electron chi connectivity index (χ0n) is 11.9. The van der Waals surface area contributed by atoms with Crippen LogP contribution in [0.5, 0.6) is 0 Å². The van der Waals surface area contributed by atoms with Crippen molar-refractivity contribution in [3.05, 3.63) is 29.8 Å². The van der Waals surface area contributed by atoms with Crippen molar-refractivity contribution < 1.29 is 17.9 Å². The molecule has 0 bridgehead atoms. The van der Waals surface area contributed by atoms with Crippen molar-refractivity contribution in [3.8, 4) is 0 Å². The molecule has 0 aliphatic heterocycles. The number of rotatable bonds is 6. The van der Waals surface area contributed by atoms with Gasteiger partial charge in [0, 0.05) is 19.3 Å². The Bertz CT molecular complexity index is 571. The van der Waals surface area contributed by atoms with E-state index in [2.05, 4.69) is 4.74 Å². The monoisotopic (exact) mass is 300 g/mol. The van der Waals surface area contributed by atoms with E-state index in [4.69, 9.17) is 5.73 Å². The zero-order valence-corrected chi connectivity index (χ0v) is 12.7. The third-order valence-electron chi connectivity index (χ3n) is 2.91. The fourth-order valence-electron chi connectivity index (χ4n) is 1.78. The van der Waals surface area contributed by atoms with Crippen LogP contribution in [0.1, 0.15) is 12.5 Å². The number of sulfonamides is 1. The van der Waals surface area contributed by atoms with E-state index < -0.39 is 21.9 Å². The molecule has 1 aromatic carbocycles. The Hall–Kier alpha value is -1.60. The average Bonchev–Trinajstić information content (AvgIpc) is 2.37. The first-order chi connectivity index (χ1) is 9.26. The number of hydrogen-bond donors (Lipinski definition) is 1. The number of methoxy groups -OCH3 is 1. The minimum Gasteiger partial charge on any atom is -0.469 e. The molecule has 0 aliphatic rings. The molecule has 0 amide bonds. The number of hydrogen-bond acceptors (Lipinski definition) is 5. The fraction of sp³-hybridized carbons (Fsp3) is 0.462. The molecular weight excluding hydrogens is 280 g/mol. The summed E-state index contributed by atoms with van der Waals surface area (Å²) in [5.41, 5.74) is 6.75. The highest BCUT2D eigenvalue weighted by molar-refractivity contribution is 7.88. The van der Waals surface area contributed by atoms with E-state index in [1.807, 2.05) is 0 Å². The summed E-state index contributed by atoms with van der Waals surface area (Å²) in [6.07, 6.45) is 0. The molecule has 1 unspecified atom stereocenters. The van der Waals surface area contributed by atoms with Gasteiger partial charge in [-0.2, -0.15) is 0 Å². The van der Waals surface area contributed by atoms with Crippen LogP contribution in [0, 0.1) is 5.92 Å². The number of nitrogens with two attached hydrogens (primary N) is 1. The van der Waals surface area contributed by atoms with Gasteiger partial charge in [0.15, 0.2) is 0 Å². The predicted octanol–water partition coefficient (Wildman–Crippen LogP) is 0.839. The third-order valence-corrected chi connectivity index (χ3v) is 4.71. The lowest BCUT2D eigenvalue weighted by molar-refractivity contribution is -0.144. The molecule has 112 valence electrons. The SMILES string of the molecule is COC(=O)C(C)CN(C)S(=O)(=O)Cc1cccc(N)c1. The molecule has 1 atom stereocenters. The highest BCUT2D eigenvalue weighted by Crippen LogP contribution is 2.14. The van der Waals surface area contributed by atoms with Gasteiger partial charge in [-0.3, -0.25) is 4.79 Å². The third kappa shape index (κ3) is 4.50. The molecule has 0 heterocycles. The lowest BCUT2D eigenvalue weighted by atomic mass is 10.2. The topological polar surface area (TPSA) is 89.7 Å². The minimum atomic E-state index is -3.50. The van der Waals surface area contributed by atoms with Crippen LogP contribution in [0.4, 0.5) is 5.69 Å². The number of ether oxygens (including phenoxy) is 1. The van der Waals surface area contributed by atoms with Crippen LogP contribution < -0.4 is 5.73 Å². The molecule has 20 heavy (non-hydrogen) atoms. The van der Waals surface area contributed by atoms with Crippen molar-refractivity contribution in [3.63, 3.8) is 0 Å². The Kier molecular flexibility index (Phi) is 5.52. The van der Waals surface area contributed by atoms with Crippen LogP contribution in [0.3, 0.4) is 0 Å². The number of nitrogens with zero attached hydrogens (tertiary/aromatic N) is 1. The molecule has 0 spiro atoms. The molecule has 0 aliphatic carbocycles. The maximum absolute atomic E-state index is 12.2. The molecule has 1 aromatic rings. The second kappa shape index (κ2) is 6.71. The minimum absolute atomic E-state index is 0.0807. The Morgan fingerprint density at radius 3 is 2.65 bits per heavy atom. The van der Waals surface area contributed by atoms with Crippen molar-refractivity contribution in [1.29, 1.82) is 0 Å². The van der Waals surface area contributed by atoms with Crippen LogP contribution in [-0.4, -0.2) is 39.4 Å². The first-order valence-corrected chi connectivity index (χ1v) is 7.73. The molecule has 0 aromatic heterocycles. The summed E-state index contributed by atoms with van der Waals surface area (Å²) in [6.45, 7) is 1.70. The number of esters is 1. The van der Waals surface area contributed by atoms with Crippen LogP contribution in [0.15, 0.2) is 24.3 Å².